The van der Waals surface area contributed by atoms with Crippen LogP contribution in [0.5, 0.6) is 0 Å². The number of urea groups is 1. The van der Waals surface area contributed by atoms with Gasteiger partial charge in [0.1, 0.15) is 5.54 Å². The Morgan fingerprint density at radius 2 is 1.92 bits per heavy atom. The van der Waals surface area contributed by atoms with Crippen molar-refractivity contribution in [3.05, 3.63) is 22.5 Å². The molecule has 2 N–H and O–H groups in total. The van der Waals surface area contributed by atoms with Crippen LogP contribution in [-0.2, 0) is 11.2 Å². The number of nitrogens with zero attached hydrogens (tertiary/aromatic N) is 1. The smallest absolute Gasteiger partial charge is 0.325 e. The Labute approximate surface area is 146 Å². The zero-order valence-electron chi connectivity index (χ0n) is 15.0. The maximum Gasteiger partial charge on any atom is 0.325 e. The minimum absolute atomic E-state index is 0.110. The van der Waals surface area contributed by atoms with Gasteiger partial charge in [0.25, 0.3) is 5.91 Å². The number of carbonyl (C=O) groups is 4. The van der Waals surface area contributed by atoms with E-state index in [0.29, 0.717) is 28.9 Å². The number of imide groups is 1. The molecule has 1 saturated carbocycles. The third kappa shape index (κ3) is 2.67. The predicted molar refractivity (Wildman–Crippen MR) is 90.6 cm³/mol. The molecular formula is C18H23N3O4. The number of ketones is 2. The van der Waals surface area contributed by atoms with Crippen LogP contribution in [0.25, 0.3) is 0 Å². The van der Waals surface area contributed by atoms with Gasteiger partial charge in [0.2, 0.25) is 0 Å². The zero-order valence-corrected chi connectivity index (χ0v) is 15.0. The van der Waals surface area contributed by atoms with Gasteiger partial charge in [-0.15, -0.1) is 0 Å². The van der Waals surface area contributed by atoms with E-state index in [1.54, 1.807) is 13.8 Å². The summed E-state index contributed by atoms with van der Waals surface area (Å²) in [6.07, 6.45) is 2.32. The number of aryl methyl sites for hydroxylation is 1. The maximum atomic E-state index is 12.7. The molecule has 1 aliphatic heterocycles. The van der Waals surface area contributed by atoms with Crippen molar-refractivity contribution < 1.29 is 19.2 Å². The average molecular weight is 345 g/mol. The van der Waals surface area contributed by atoms with E-state index in [1.807, 2.05) is 6.92 Å². The third-order valence-electron chi connectivity index (χ3n) is 5.27. The van der Waals surface area contributed by atoms with Gasteiger partial charge in [0, 0.05) is 11.3 Å². The van der Waals surface area contributed by atoms with Crippen LogP contribution in [0.1, 0.15) is 65.7 Å². The summed E-state index contributed by atoms with van der Waals surface area (Å²) in [5, 5.41) is 2.73. The number of rotatable bonds is 6. The number of hydrogen-bond donors (Lipinski definition) is 2. The Morgan fingerprint density at radius 1 is 1.28 bits per heavy atom. The van der Waals surface area contributed by atoms with Crippen LogP contribution in [-0.4, -0.2) is 45.5 Å². The summed E-state index contributed by atoms with van der Waals surface area (Å²) in [5.74, 6) is -0.675. The zero-order chi connectivity index (χ0) is 18.5. The Kier molecular flexibility index (Phi) is 4.05. The largest absolute Gasteiger partial charge is 0.355 e. The number of aromatic nitrogens is 1. The van der Waals surface area contributed by atoms with Crippen molar-refractivity contribution in [1.82, 2.24) is 15.2 Å². The molecule has 0 spiro atoms. The molecule has 2 fully saturated rings. The summed E-state index contributed by atoms with van der Waals surface area (Å²) in [5.41, 5.74) is 1.21. The van der Waals surface area contributed by atoms with Crippen molar-refractivity contribution in [3.63, 3.8) is 0 Å². The van der Waals surface area contributed by atoms with E-state index in [2.05, 4.69) is 10.3 Å². The summed E-state index contributed by atoms with van der Waals surface area (Å²) in [7, 11) is 0. The SMILES string of the molecule is CCc1c(C(=O)CN2C(=O)N[C@](C)(C3CC3)C2=O)[nH]c(C)c1C(C)=O. The second kappa shape index (κ2) is 5.82. The van der Waals surface area contributed by atoms with Gasteiger partial charge >= 0.3 is 6.03 Å². The predicted octanol–water partition coefficient (Wildman–Crippen LogP) is 1.99. The van der Waals surface area contributed by atoms with Gasteiger partial charge in [0.15, 0.2) is 11.6 Å². The second-order valence-corrected chi connectivity index (χ2v) is 7.11. The first-order valence-corrected chi connectivity index (χ1v) is 8.60. The molecule has 1 aromatic heterocycles. The first-order valence-electron chi connectivity index (χ1n) is 8.60. The lowest BCUT2D eigenvalue weighted by Crippen LogP contribution is -2.46. The van der Waals surface area contributed by atoms with Crippen LogP contribution in [0.3, 0.4) is 0 Å². The fraction of sp³-hybridized carbons (Fsp3) is 0.556. The molecule has 7 heteroatoms. The topological polar surface area (TPSA) is 99.3 Å². The molecule has 2 aliphatic rings. The highest BCUT2D eigenvalue weighted by Gasteiger charge is 2.56. The molecule has 2 heterocycles. The minimum Gasteiger partial charge on any atom is -0.355 e. The minimum atomic E-state index is -0.902. The fourth-order valence-corrected chi connectivity index (χ4v) is 3.76. The molecule has 3 rings (SSSR count). The number of carbonyl (C=O) groups excluding carboxylic acids is 4. The van der Waals surface area contributed by atoms with Crippen molar-refractivity contribution in [1.29, 1.82) is 0 Å². The van der Waals surface area contributed by atoms with Crippen molar-refractivity contribution in [2.24, 2.45) is 5.92 Å². The number of amides is 3. The molecule has 1 atom stereocenters. The Morgan fingerprint density at radius 3 is 2.44 bits per heavy atom. The third-order valence-corrected chi connectivity index (χ3v) is 5.27. The van der Waals surface area contributed by atoms with Crippen LogP contribution >= 0.6 is 0 Å². The van der Waals surface area contributed by atoms with Gasteiger partial charge in [-0.1, -0.05) is 6.92 Å². The van der Waals surface area contributed by atoms with E-state index in [0.717, 1.165) is 17.7 Å². The quantitative estimate of drug-likeness (QED) is 0.608. The van der Waals surface area contributed by atoms with Gasteiger partial charge in [0.05, 0.1) is 12.2 Å². The van der Waals surface area contributed by atoms with Crippen LogP contribution in [0.4, 0.5) is 4.79 Å². The van der Waals surface area contributed by atoms with Crippen LogP contribution in [0.15, 0.2) is 0 Å². The summed E-state index contributed by atoms with van der Waals surface area (Å²) < 4.78 is 0. The number of H-pyrrole nitrogens is 1. The Bertz CT molecular complexity index is 790. The first kappa shape index (κ1) is 17.4. The number of Topliss-reactive ketones (excluding diaryl/α,β-unsaturated/α-hetero) is 2. The molecule has 1 aromatic rings. The monoisotopic (exact) mass is 345 g/mol. The van der Waals surface area contributed by atoms with Gasteiger partial charge in [-0.25, -0.2) is 4.79 Å². The molecule has 0 unspecified atom stereocenters. The summed E-state index contributed by atoms with van der Waals surface area (Å²) in [4.78, 5) is 53.4. The number of aromatic amines is 1. The van der Waals surface area contributed by atoms with E-state index >= 15 is 0 Å². The highest BCUT2D eigenvalue weighted by Crippen LogP contribution is 2.42. The summed E-state index contributed by atoms with van der Waals surface area (Å²) in [6.45, 7) is 6.47. The molecule has 0 radical (unpaired) electrons. The molecular weight excluding hydrogens is 322 g/mol. The van der Waals surface area contributed by atoms with Crippen LogP contribution in [0.2, 0.25) is 0 Å². The van der Waals surface area contributed by atoms with Crippen LogP contribution < -0.4 is 5.32 Å². The standard InChI is InChI=1S/C18H23N3O4/c1-5-12-14(10(3)22)9(2)19-15(12)13(23)8-21-16(24)18(4,11-6-7-11)20-17(21)25/h11,19H,5-8H2,1-4H3,(H,20,25)/t18-/m1/s1. The fourth-order valence-electron chi connectivity index (χ4n) is 3.76. The second-order valence-electron chi connectivity index (χ2n) is 7.11. The molecule has 0 aromatic carbocycles. The summed E-state index contributed by atoms with van der Waals surface area (Å²) >= 11 is 0. The van der Waals surface area contributed by atoms with Gasteiger partial charge in [-0.3, -0.25) is 19.3 Å². The maximum absolute atomic E-state index is 12.7. The van der Waals surface area contributed by atoms with Gasteiger partial charge in [-0.2, -0.15) is 0 Å². The van der Waals surface area contributed by atoms with Gasteiger partial charge in [-0.05, 0) is 51.5 Å². The first-order chi connectivity index (χ1) is 11.7. The molecule has 134 valence electrons. The van der Waals surface area contributed by atoms with Crippen molar-refractivity contribution in [2.45, 2.75) is 52.5 Å². The summed E-state index contributed by atoms with van der Waals surface area (Å²) in [6, 6.07) is -0.527. The van der Waals surface area contributed by atoms with E-state index in [1.165, 1.54) is 6.92 Å². The Balaban J connectivity index is 1.86. The van der Waals surface area contributed by atoms with Crippen LogP contribution in [0, 0.1) is 12.8 Å². The molecule has 1 aliphatic carbocycles. The van der Waals surface area contributed by atoms with Crippen molar-refractivity contribution >= 4 is 23.5 Å². The van der Waals surface area contributed by atoms with Crippen molar-refractivity contribution in [2.75, 3.05) is 6.54 Å². The molecule has 1 saturated heterocycles. The number of nitrogens with one attached hydrogen (secondary N) is 2. The van der Waals surface area contributed by atoms with E-state index in [4.69, 9.17) is 0 Å². The van der Waals surface area contributed by atoms with E-state index in [9.17, 15) is 19.2 Å². The molecule has 25 heavy (non-hydrogen) atoms. The average Bonchev–Trinajstić information content (AvgIpc) is 3.30. The normalized spacial score (nSPS) is 23.1. The highest BCUT2D eigenvalue weighted by molar-refractivity contribution is 6.12. The van der Waals surface area contributed by atoms with Gasteiger partial charge < -0.3 is 10.3 Å². The lowest BCUT2D eigenvalue weighted by atomic mass is 9.96. The molecule has 3 amide bonds. The number of hydrogen-bond acceptors (Lipinski definition) is 4. The molecule has 7 nitrogen and oxygen atoms in total. The lowest BCUT2D eigenvalue weighted by molar-refractivity contribution is -0.131. The van der Waals surface area contributed by atoms with Crippen molar-refractivity contribution in [3.8, 4) is 0 Å². The Hall–Kier alpha value is -2.44. The van der Waals surface area contributed by atoms with E-state index in [-0.39, 0.29) is 29.9 Å². The molecule has 0 bridgehead atoms. The highest BCUT2D eigenvalue weighted by atomic mass is 16.2. The lowest BCUT2D eigenvalue weighted by Gasteiger charge is -2.20. The van der Waals surface area contributed by atoms with E-state index < -0.39 is 11.6 Å².